The highest BCUT2D eigenvalue weighted by Gasteiger charge is 2.21. The molecule has 4 heteroatoms. The number of hydrogen-bond donors (Lipinski definition) is 1. The van der Waals surface area contributed by atoms with Crippen molar-refractivity contribution in [2.75, 3.05) is 0 Å². The standard InChI is InChI=1S/C22H32O4/c1-2-3-4-5-6-7-8-9-10-12-15-19(18-21(23)24)22(25)26-20-16-13-11-14-17-20/h11-17,19H,2-10,18H2,1H3,(H,23,24). The van der Waals surface area contributed by atoms with Crippen LogP contribution in [-0.4, -0.2) is 17.0 Å². The Morgan fingerprint density at radius 1 is 1.00 bits per heavy atom. The van der Waals surface area contributed by atoms with Crippen molar-refractivity contribution in [3.05, 3.63) is 42.5 Å². The molecule has 0 aromatic heterocycles. The third-order valence-electron chi connectivity index (χ3n) is 4.25. The zero-order valence-electron chi connectivity index (χ0n) is 15.9. The van der Waals surface area contributed by atoms with Gasteiger partial charge in [-0.05, 0) is 25.0 Å². The van der Waals surface area contributed by atoms with Crippen LogP contribution in [0, 0.1) is 5.92 Å². The van der Waals surface area contributed by atoms with Crippen LogP contribution in [0.5, 0.6) is 5.75 Å². The van der Waals surface area contributed by atoms with E-state index in [-0.39, 0.29) is 6.42 Å². The first-order valence-corrected chi connectivity index (χ1v) is 9.78. The van der Waals surface area contributed by atoms with Gasteiger partial charge in [-0.15, -0.1) is 0 Å². The molecule has 0 fully saturated rings. The van der Waals surface area contributed by atoms with Gasteiger partial charge in [-0.2, -0.15) is 0 Å². The molecule has 0 spiro atoms. The Hall–Kier alpha value is -2.10. The number of carboxylic acid groups (broad SMARTS) is 1. The maximum absolute atomic E-state index is 12.2. The maximum Gasteiger partial charge on any atom is 0.318 e. The van der Waals surface area contributed by atoms with Crippen molar-refractivity contribution in [2.45, 2.75) is 71.1 Å². The Bertz CT molecular complexity index is 536. The number of rotatable bonds is 14. The number of ether oxygens (including phenoxy) is 1. The molecule has 0 aliphatic rings. The molecule has 0 saturated heterocycles. The van der Waals surface area contributed by atoms with Crippen molar-refractivity contribution in [3.63, 3.8) is 0 Å². The Morgan fingerprint density at radius 3 is 2.23 bits per heavy atom. The minimum Gasteiger partial charge on any atom is -0.481 e. The van der Waals surface area contributed by atoms with Crippen molar-refractivity contribution >= 4 is 11.9 Å². The molecule has 1 aromatic rings. The van der Waals surface area contributed by atoms with Crippen LogP contribution >= 0.6 is 0 Å². The normalized spacial score (nSPS) is 12.2. The van der Waals surface area contributed by atoms with E-state index in [0.29, 0.717) is 5.75 Å². The fraction of sp³-hybridized carbons (Fsp3) is 0.545. The molecule has 0 aliphatic carbocycles. The fourth-order valence-electron chi connectivity index (χ4n) is 2.76. The Morgan fingerprint density at radius 2 is 1.62 bits per heavy atom. The lowest BCUT2D eigenvalue weighted by Crippen LogP contribution is -2.21. The third kappa shape index (κ3) is 10.7. The van der Waals surface area contributed by atoms with E-state index >= 15 is 0 Å². The number of para-hydroxylation sites is 1. The molecular weight excluding hydrogens is 328 g/mol. The summed E-state index contributed by atoms with van der Waals surface area (Å²) in [5.74, 6) is -1.84. The monoisotopic (exact) mass is 360 g/mol. The zero-order valence-corrected chi connectivity index (χ0v) is 15.9. The molecule has 26 heavy (non-hydrogen) atoms. The molecule has 144 valence electrons. The van der Waals surface area contributed by atoms with Crippen LogP contribution in [0.15, 0.2) is 42.5 Å². The lowest BCUT2D eigenvalue weighted by Gasteiger charge is -2.10. The van der Waals surface area contributed by atoms with E-state index < -0.39 is 17.9 Å². The minimum atomic E-state index is -1.00. The highest BCUT2D eigenvalue weighted by molar-refractivity contribution is 5.82. The summed E-state index contributed by atoms with van der Waals surface area (Å²) < 4.78 is 5.27. The van der Waals surface area contributed by atoms with Crippen LogP contribution in [0.2, 0.25) is 0 Å². The zero-order chi connectivity index (χ0) is 19.0. The van der Waals surface area contributed by atoms with Gasteiger partial charge in [-0.3, -0.25) is 9.59 Å². The number of aliphatic carboxylic acids is 1. The second-order valence-corrected chi connectivity index (χ2v) is 6.63. The van der Waals surface area contributed by atoms with Gasteiger partial charge in [0, 0.05) is 0 Å². The smallest absolute Gasteiger partial charge is 0.318 e. The number of carbonyl (C=O) groups excluding carboxylic acids is 1. The predicted molar refractivity (Wildman–Crippen MR) is 104 cm³/mol. The number of esters is 1. The molecule has 0 radical (unpaired) electrons. The molecule has 1 unspecified atom stereocenters. The van der Waals surface area contributed by atoms with E-state index in [4.69, 9.17) is 9.84 Å². The van der Waals surface area contributed by atoms with Crippen LogP contribution in [0.3, 0.4) is 0 Å². The number of carboxylic acids is 1. The van der Waals surface area contributed by atoms with Crippen LogP contribution in [0.4, 0.5) is 0 Å². The quantitative estimate of drug-likeness (QED) is 0.198. The van der Waals surface area contributed by atoms with Gasteiger partial charge in [0.25, 0.3) is 0 Å². The minimum absolute atomic E-state index is 0.250. The fourth-order valence-corrected chi connectivity index (χ4v) is 2.76. The molecule has 4 nitrogen and oxygen atoms in total. The van der Waals surface area contributed by atoms with Crippen molar-refractivity contribution in [3.8, 4) is 5.75 Å². The van der Waals surface area contributed by atoms with Gasteiger partial charge < -0.3 is 9.84 Å². The topological polar surface area (TPSA) is 63.6 Å². The third-order valence-corrected chi connectivity index (χ3v) is 4.25. The van der Waals surface area contributed by atoms with E-state index in [1.807, 2.05) is 12.1 Å². The second kappa shape index (κ2) is 14.1. The second-order valence-electron chi connectivity index (χ2n) is 6.63. The summed E-state index contributed by atoms with van der Waals surface area (Å²) in [7, 11) is 0. The van der Waals surface area contributed by atoms with Crippen molar-refractivity contribution in [1.29, 1.82) is 0 Å². The van der Waals surface area contributed by atoms with Crippen LogP contribution in [0.1, 0.15) is 71.1 Å². The van der Waals surface area contributed by atoms with Crippen LogP contribution in [-0.2, 0) is 9.59 Å². The highest BCUT2D eigenvalue weighted by Crippen LogP contribution is 2.15. The average Bonchev–Trinajstić information content (AvgIpc) is 2.62. The Kier molecular flexibility index (Phi) is 11.9. The summed E-state index contributed by atoms with van der Waals surface area (Å²) in [6.07, 6.45) is 14.2. The predicted octanol–water partition coefficient (Wildman–Crippen LogP) is 5.77. The van der Waals surface area contributed by atoms with Gasteiger partial charge in [-0.1, -0.05) is 82.2 Å². The molecule has 1 atom stereocenters. The first kappa shape index (κ1) is 21.9. The van der Waals surface area contributed by atoms with Gasteiger partial charge in [0.2, 0.25) is 0 Å². The van der Waals surface area contributed by atoms with Crippen LogP contribution in [0.25, 0.3) is 0 Å². The first-order valence-electron chi connectivity index (χ1n) is 9.78. The van der Waals surface area contributed by atoms with Crippen LogP contribution < -0.4 is 4.74 Å². The lowest BCUT2D eigenvalue weighted by molar-refractivity contribution is -0.144. The van der Waals surface area contributed by atoms with E-state index in [1.54, 1.807) is 30.3 Å². The molecule has 0 bridgehead atoms. The molecular formula is C22H32O4. The van der Waals surface area contributed by atoms with Gasteiger partial charge in [0.15, 0.2) is 0 Å². The maximum atomic E-state index is 12.2. The molecule has 1 aromatic carbocycles. The summed E-state index contributed by atoms with van der Waals surface area (Å²) in [4.78, 5) is 23.2. The summed E-state index contributed by atoms with van der Waals surface area (Å²) in [6, 6.07) is 8.73. The van der Waals surface area contributed by atoms with E-state index in [2.05, 4.69) is 6.92 Å². The molecule has 0 aliphatic heterocycles. The number of unbranched alkanes of at least 4 members (excludes halogenated alkanes) is 8. The number of carbonyl (C=O) groups is 2. The molecule has 0 amide bonds. The van der Waals surface area contributed by atoms with Crippen molar-refractivity contribution < 1.29 is 19.4 Å². The lowest BCUT2D eigenvalue weighted by atomic mass is 10.0. The highest BCUT2D eigenvalue weighted by atomic mass is 16.5. The first-order chi connectivity index (χ1) is 12.6. The molecule has 0 saturated carbocycles. The number of hydrogen-bond acceptors (Lipinski definition) is 3. The largest absolute Gasteiger partial charge is 0.481 e. The van der Waals surface area contributed by atoms with E-state index in [0.717, 1.165) is 12.8 Å². The summed E-state index contributed by atoms with van der Waals surface area (Å²) in [6.45, 7) is 2.22. The SMILES string of the molecule is CCCCCCCCCCC=CC(CC(=O)O)C(=O)Oc1ccccc1. The van der Waals surface area contributed by atoms with E-state index in [1.165, 1.54) is 44.9 Å². The summed E-state index contributed by atoms with van der Waals surface area (Å²) in [5, 5.41) is 9.02. The average molecular weight is 360 g/mol. The summed E-state index contributed by atoms with van der Waals surface area (Å²) in [5.41, 5.74) is 0. The van der Waals surface area contributed by atoms with Crippen molar-refractivity contribution in [1.82, 2.24) is 0 Å². The molecule has 1 N–H and O–H groups in total. The van der Waals surface area contributed by atoms with Gasteiger partial charge >= 0.3 is 11.9 Å². The Labute approximate surface area is 157 Å². The van der Waals surface area contributed by atoms with Gasteiger partial charge in [0.05, 0.1) is 12.3 Å². The van der Waals surface area contributed by atoms with E-state index in [9.17, 15) is 9.59 Å². The molecule has 0 heterocycles. The Balaban J connectivity index is 2.31. The summed E-state index contributed by atoms with van der Waals surface area (Å²) >= 11 is 0. The number of allylic oxidation sites excluding steroid dienone is 1. The molecule has 1 rings (SSSR count). The number of benzene rings is 1. The van der Waals surface area contributed by atoms with Gasteiger partial charge in [-0.25, -0.2) is 0 Å². The van der Waals surface area contributed by atoms with Crippen molar-refractivity contribution in [2.24, 2.45) is 5.92 Å². The van der Waals surface area contributed by atoms with Gasteiger partial charge in [0.1, 0.15) is 5.75 Å².